The van der Waals surface area contributed by atoms with Gasteiger partial charge in [-0.2, -0.15) is 40.8 Å². The number of nitrogens with one attached hydrogen (secondary N) is 6. The number of aromatic amines is 2. The summed E-state index contributed by atoms with van der Waals surface area (Å²) in [5.74, 6) is -1.28. The summed E-state index contributed by atoms with van der Waals surface area (Å²) in [6.07, 6.45) is 34.7. The van der Waals surface area contributed by atoms with Gasteiger partial charge in [0.15, 0.2) is 6.73 Å². The molecule has 45 heteroatoms. The van der Waals surface area contributed by atoms with E-state index < -0.39 is 20.5 Å². The molecule has 129 heavy (non-hydrogen) atoms. The number of phosphoric ester groups is 1. The average molecular weight is 1840 g/mol. The lowest BCUT2D eigenvalue weighted by atomic mass is 9.86. The molecule has 4 saturated carbocycles. The van der Waals surface area contributed by atoms with E-state index in [4.69, 9.17) is 34.6 Å². The van der Waals surface area contributed by atoms with Crippen molar-refractivity contribution < 1.29 is 52.6 Å². The highest BCUT2D eigenvalue weighted by Gasteiger charge is 2.37. The minimum atomic E-state index is -4.62. The molecule has 20 rings (SSSR count). The van der Waals surface area contributed by atoms with E-state index in [1.807, 2.05) is 133 Å². The number of phosphoric acid groups is 1. The number of H-pyrrole nitrogens is 2. The van der Waals surface area contributed by atoms with Gasteiger partial charge in [0.1, 0.15) is 65.6 Å². The number of aliphatic hydroxyl groups is 1. The normalized spacial score (nSPS) is 17.9. The Kier molecular flexibility index (Phi) is 26.8. The van der Waals surface area contributed by atoms with E-state index in [-0.39, 0.29) is 59.9 Å². The van der Waals surface area contributed by atoms with Gasteiger partial charge in [-0.3, -0.25) is 77.2 Å². The quantitative estimate of drug-likeness (QED) is 0.0206. The van der Waals surface area contributed by atoms with E-state index in [2.05, 4.69) is 120 Å². The number of aromatic nitrogens is 24. The van der Waals surface area contributed by atoms with Gasteiger partial charge in [0, 0.05) is 144 Å². The SMILES string of the molecule is CCOC1CC(n2cc(NC(=O)c3csc(-c4cnn(C)c4)n3)c(-c3ccccn3)n2)C1.CCOC1CC(n2cc(NC(=O)c3csc(-c4cnn(COP(=O)(O)O)c4)n3)c(-c3ccccn3)n2)C1.CN(C)C1CC(n2cc(NC(=O)c3csc(-c4cn[nH]c4)n3)c(-c3ccccn3)n2)C1.O=C(Nc1cn(C2CC(O)C2)nc1-c1ccccn1)c1csc(-c2cn[nH]c2)n1. The number of amides is 4. The Hall–Kier alpha value is -13.4. The number of rotatable bonds is 28. The third-order valence-corrected chi connectivity index (χ3v) is 25.5. The molecule has 16 aromatic rings. The van der Waals surface area contributed by atoms with Crippen LogP contribution in [-0.4, -0.2) is 214 Å². The van der Waals surface area contributed by atoms with Gasteiger partial charge in [-0.1, -0.05) is 24.3 Å². The zero-order valence-corrected chi connectivity index (χ0v) is 74.0. The molecule has 0 atom stereocenters. The maximum absolute atomic E-state index is 13.1. The van der Waals surface area contributed by atoms with Crippen molar-refractivity contribution in [3.05, 3.63) is 216 Å². The van der Waals surface area contributed by atoms with Crippen LogP contribution in [-0.2, 0) is 32.3 Å². The van der Waals surface area contributed by atoms with Gasteiger partial charge in [-0.25, -0.2) is 29.2 Å². The van der Waals surface area contributed by atoms with Crippen LogP contribution >= 0.6 is 53.2 Å². The first-order valence-corrected chi connectivity index (χ1v) is 46.1. The van der Waals surface area contributed by atoms with Crippen molar-refractivity contribution in [1.29, 1.82) is 0 Å². The zero-order valence-electron chi connectivity index (χ0n) is 69.8. The number of hydrogen-bond acceptors (Lipinski definition) is 30. The maximum Gasteiger partial charge on any atom is 0.471 e. The topological polar surface area (TPSA) is 492 Å². The number of carbonyl (C=O) groups excluding carboxylic acids is 4. The molecule has 16 heterocycles. The lowest BCUT2D eigenvalue weighted by molar-refractivity contribution is -0.0228. The Labute approximate surface area is 751 Å². The molecule has 0 radical (unpaired) electrons. The van der Waals surface area contributed by atoms with Crippen LogP contribution in [0.3, 0.4) is 0 Å². The van der Waals surface area contributed by atoms with Crippen LogP contribution in [0.25, 0.3) is 87.8 Å². The van der Waals surface area contributed by atoms with Crippen molar-refractivity contribution in [2.75, 3.05) is 48.6 Å². The fourth-order valence-corrected chi connectivity index (χ4v) is 17.8. The second kappa shape index (κ2) is 39.5. The molecule has 0 aliphatic heterocycles. The second-order valence-electron chi connectivity index (χ2n) is 30.6. The molecule has 40 nitrogen and oxygen atoms in total. The Morgan fingerprint density at radius 3 is 1.11 bits per heavy atom. The molecular formula is C84H86N29O11PS4. The summed E-state index contributed by atoms with van der Waals surface area (Å²) in [4.78, 5) is 107. The van der Waals surface area contributed by atoms with Gasteiger partial charge >= 0.3 is 7.82 Å². The highest BCUT2D eigenvalue weighted by Crippen LogP contribution is 2.43. The number of ether oxygens (including phenoxy) is 2. The molecule has 0 spiro atoms. The summed E-state index contributed by atoms with van der Waals surface area (Å²) in [7, 11) is 1.43. The molecule has 4 aliphatic carbocycles. The van der Waals surface area contributed by atoms with E-state index in [0.29, 0.717) is 133 Å². The number of pyridine rings is 4. The van der Waals surface area contributed by atoms with E-state index >= 15 is 0 Å². The number of aryl methyl sites for hydroxylation is 1. The highest BCUT2D eigenvalue weighted by atomic mass is 32.1. The molecule has 0 saturated heterocycles. The van der Waals surface area contributed by atoms with Gasteiger partial charge in [-0.15, -0.1) is 45.3 Å². The van der Waals surface area contributed by atoms with E-state index in [0.717, 1.165) is 70.9 Å². The lowest BCUT2D eigenvalue weighted by Gasteiger charge is -2.39. The Morgan fingerprint density at radius 2 is 0.806 bits per heavy atom. The Balaban J connectivity index is 0.000000121. The minimum absolute atomic E-state index is 0.116. The van der Waals surface area contributed by atoms with E-state index in [1.54, 1.807) is 92.9 Å². The fourth-order valence-electron chi connectivity index (χ4n) is 14.4. The monoisotopic (exact) mass is 1840 g/mol. The van der Waals surface area contributed by atoms with Crippen LogP contribution in [0.1, 0.15) is 131 Å². The van der Waals surface area contributed by atoms with Crippen LogP contribution in [0.4, 0.5) is 22.7 Å². The third kappa shape index (κ3) is 21.1. The lowest BCUT2D eigenvalue weighted by Crippen LogP contribution is -2.41. The van der Waals surface area contributed by atoms with Crippen molar-refractivity contribution in [2.24, 2.45) is 7.05 Å². The van der Waals surface area contributed by atoms with Crippen molar-refractivity contribution >= 4 is 99.5 Å². The number of aliphatic hydroxyl groups excluding tert-OH is 1. The predicted molar refractivity (Wildman–Crippen MR) is 481 cm³/mol. The second-order valence-corrected chi connectivity index (χ2v) is 35.3. The number of nitrogens with zero attached hydrogens (tertiary/aromatic N) is 23. The predicted octanol–water partition coefficient (Wildman–Crippen LogP) is 13.2. The van der Waals surface area contributed by atoms with Gasteiger partial charge in [0.25, 0.3) is 23.6 Å². The number of anilines is 4. The van der Waals surface area contributed by atoms with Crippen LogP contribution in [0.2, 0.25) is 0 Å². The maximum atomic E-state index is 13.1. The average Bonchev–Trinajstić information content (AvgIpc) is 1.67. The third-order valence-electron chi connectivity index (χ3n) is 21.5. The molecule has 4 aliphatic rings. The Bertz CT molecular complexity index is 6520. The molecule has 0 aromatic carbocycles. The summed E-state index contributed by atoms with van der Waals surface area (Å²) in [6, 6.07) is 23.8. The standard InChI is InChI=1S/C22H24N7O6PS.C22H23N7O2S.C21H22N8OS.C19H17N7O2S/c1-2-34-16-7-15(8-16)29-11-18(20(27-29)17-5-3-4-6-23-17)25-21(30)19-12-37-22(26-19)14-9-24-28(10-14)13-35-36(31,32)33;1-3-31-16-8-15(9-16)29-12-18(20(27-29)17-6-4-5-7-23-17)25-21(30)19-13-32-22(26-19)14-10-24-28(2)11-14;1-28(2)14-7-15(8-14)29-11-17(19(27-29)16-5-3-4-6-22-16)25-20(30)18-12-31-21(26-18)13-9-23-24-10-13;27-13-5-12(6-13)26-9-15(17(25-26)14-3-1-2-4-20-14)23-18(28)16-10-29-19(24-16)11-7-21-22-8-11/h3-6,9-12,15-16H,2,7-8,13H2,1H3,(H,25,30)(H2,31,32,33);4-7,10-13,15-16H,3,8-9H2,1-2H3,(H,25,30);3-6,9-12,14-15H,7-8H2,1-2H3,(H,23,24)(H,25,30);1-4,7-10,12-13,27H,5-6H2,(H,21,22)(H,23,28). The molecule has 0 unspecified atom stereocenters. The van der Waals surface area contributed by atoms with Gasteiger partial charge < -0.3 is 50.5 Å². The number of carbonyl (C=O) groups is 4. The van der Waals surface area contributed by atoms with Gasteiger partial charge in [0.2, 0.25) is 0 Å². The zero-order chi connectivity index (χ0) is 89.2. The Morgan fingerprint density at radius 1 is 0.465 bits per heavy atom. The van der Waals surface area contributed by atoms with Crippen molar-refractivity contribution in [2.45, 2.75) is 120 Å². The van der Waals surface area contributed by atoms with Crippen LogP contribution in [0, 0.1) is 0 Å². The summed E-state index contributed by atoms with van der Waals surface area (Å²) >= 11 is 5.43. The first kappa shape index (κ1) is 87.7. The smallest absolute Gasteiger partial charge is 0.393 e. The van der Waals surface area contributed by atoms with Crippen LogP contribution < -0.4 is 21.3 Å². The minimum Gasteiger partial charge on any atom is -0.393 e. The van der Waals surface area contributed by atoms with Crippen molar-refractivity contribution in [1.82, 2.24) is 124 Å². The largest absolute Gasteiger partial charge is 0.471 e. The molecule has 4 amide bonds. The van der Waals surface area contributed by atoms with E-state index in [1.165, 1.54) is 62.4 Å². The first-order valence-electron chi connectivity index (χ1n) is 41.0. The fraction of sp³-hybridized carbons (Fsp3) is 0.286. The summed E-state index contributed by atoms with van der Waals surface area (Å²) in [5, 5.41) is 71.4. The molecule has 16 aromatic heterocycles. The van der Waals surface area contributed by atoms with Crippen LogP contribution in [0.15, 0.2) is 193 Å². The molecule has 4 fully saturated rings. The number of hydrogen-bond donors (Lipinski definition) is 9. The van der Waals surface area contributed by atoms with Gasteiger partial charge in [-0.05, 0) is 128 Å². The van der Waals surface area contributed by atoms with E-state index in [9.17, 15) is 28.8 Å². The van der Waals surface area contributed by atoms with Crippen LogP contribution in [0.5, 0.6) is 0 Å². The summed E-state index contributed by atoms with van der Waals surface area (Å²) in [6.45, 7) is 4.95. The number of thiazole rings is 4. The first-order chi connectivity index (χ1) is 62.6. The molecule has 0 bridgehead atoms. The highest BCUT2D eigenvalue weighted by molar-refractivity contribution is 7.46. The van der Waals surface area contributed by atoms with Gasteiger partial charge in [0.05, 0.1) is 113 Å². The molecular weight excluding hydrogens is 1750 g/mol. The summed E-state index contributed by atoms with van der Waals surface area (Å²) in [5.41, 5.74) is 11.9. The molecule has 662 valence electrons. The summed E-state index contributed by atoms with van der Waals surface area (Å²) < 4.78 is 37.1. The molecule has 9 N–H and O–H groups in total. The van der Waals surface area contributed by atoms with Crippen molar-refractivity contribution in [3.63, 3.8) is 0 Å². The van der Waals surface area contributed by atoms with Crippen molar-refractivity contribution in [3.8, 4) is 87.8 Å².